The van der Waals surface area contributed by atoms with Gasteiger partial charge in [-0.2, -0.15) is 9.61 Å². The molecule has 0 saturated carbocycles. The van der Waals surface area contributed by atoms with Crippen LogP contribution in [0.5, 0.6) is 5.75 Å². The monoisotopic (exact) mass is 401 g/mol. The minimum Gasteiger partial charge on any atom is -0.482 e. The summed E-state index contributed by atoms with van der Waals surface area (Å²) < 4.78 is 7.77. The van der Waals surface area contributed by atoms with Crippen LogP contribution in [0.2, 0.25) is 0 Å². The summed E-state index contributed by atoms with van der Waals surface area (Å²) in [5.41, 5.74) is 1.18. The molecular weight excluding hydrogens is 390 g/mol. The Hall–Kier alpha value is -2.94. The highest BCUT2D eigenvalue weighted by atomic mass is 79.9. The lowest BCUT2D eigenvalue weighted by Gasteiger charge is -2.28. The Balaban J connectivity index is 1.57. The molecular formula is C16H12BrN5O3. The number of benzene rings is 1. The number of nitrogens with one attached hydrogen (secondary N) is 1. The average molecular weight is 402 g/mol. The molecule has 0 bridgehead atoms. The average Bonchev–Trinajstić information content (AvgIpc) is 3.07. The van der Waals surface area contributed by atoms with Gasteiger partial charge >= 0.3 is 0 Å². The molecule has 1 aromatic carbocycles. The van der Waals surface area contributed by atoms with Gasteiger partial charge in [-0.3, -0.25) is 14.5 Å². The Bertz CT molecular complexity index is 987. The molecule has 1 aliphatic rings. The number of hydrogen-bond donors (Lipinski definition) is 1. The summed E-state index contributed by atoms with van der Waals surface area (Å²) in [6.07, 6.45) is 3.18. The van der Waals surface area contributed by atoms with E-state index in [9.17, 15) is 9.59 Å². The molecule has 25 heavy (non-hydrogen) atoms. The minimum atomic E-state index is -0.341. The van der Waals surface area contributed by atoms with Crippen molar-refractivity contribution < 1.29 is 14.3 Å². The summed E-state index contributed by atoms with van der Waals surface area (Å²) in [7, 11) is 0. The summed E-state index contributed by atoms with van der Waals surface area (Å²) in [5.74, 6) is 0.424. The van der Waals surface area contributed by atoms with Crippen molar-refractivity contribution in [3.63, 3.8) is 0 Å². The van der Waals surface area contributed by atoms with Crippen LogP contribution in [0.15, 0.2) is 47.2 Å². The molecule has 0 aliphatic carbocycles. The highest BCUT2D eigenvalue weighted by Gasteiger charge is 2.27. The highest BCUT2D eigenvalue weighted by Crippen LogP contribution is 2.34. The molecule has 2 amide bonds. The zero-order valence-electron chi connectivity index (χ0n) is 12.8. The van der Waals surface area contributed by atoms with E-state index < -0.39 is 0 Å². The van der Waals surface area contributed by atoms with Crippen molar-refractivity contribution in [1.82, 2.24) is 14.6 Å². The highest BCUT2D eigenvalue weighted by molar-refractivity contribution is 9.10. The molecule has 0 fully saturated rings. The van der Waals surface area contributed by atoms with E-state index in [1.54, 1.807) is 42.7 Å². The molecule has 126 valence electrons. The lowest BCUT2D eigenvalue weighted by molar-refractivity contribution is -0.123. The Labute approximate surface area is 150 Å². The van der Waals surface area contributed by atoms with E-state index in [2.05, 4.69) is 31.3 Å². The fourth-order valence-electron chi connectivity index (χ4n) is 2.61. The van der Waals surface area contributed by atoms with Crippen molar-refractivity contribution in [3.05, 3.63) is 47.2 Å². The first kappa shape index (κ1) is 15.6. The van der Waals surface area contributed by atoms with Crippen LogP contribution in [0.1, 0.15) is 0 Å². The first-order chi connectivity index (χ1) is 12.1. The quantitative estimate of drug-likeness (QED) is 0.723. The number of ether oxygens (including phenoxy) is 1. The zero-order valence-corrected chi connectivity index (χ0v) is 14.4. The molecule has 8 nitrogen and oxygen atoms in total. The van der Waals surface area contributed by atoms with Gasteiger partial charge in [-0.05, 0) is 24.3 Å². The number of hydrogen-bond acceptors (Lipinski definition) is 5. The fraction of sp³-hybridized carbons (Fsp3) is 0.125. The second-order valence-electron chi connectivity index (χ2n) is 5.36. The van der Waals surface area contributed by atoms with Gasteiger partial charge in [0.15, 0.2) is 12.3 Å². The van der Waals surface area contributed by atoms with Gasteiger partial charge in [0.1, 0.15) is 18.1 Å². The predicted octanol–water partition coefficient (Wildman–Crippen LogP) is 1.86. The van der Waals surface area contributed by atoms with Crippen LogP contribution >= 0.6 is 15.9 Å². The SMILES string of the molecule is O=C(CN1C(=O)COc2cc(Br)ccc21)Nc1ccnc2ccnn12. The van der Waals surface area contributed by atoms with Gasteiger partial charge in [-0.25, -0.2) is 4.98 Å². The summed E-state index contributed by atoms with van der Waals surface area (Å²) in [6, 6.07) is 8.67. The van der Waals surface area contributed by atoms with Gasteiger partial charge < -0.3 is 10.1 Å². The number of carbonyl (C=O) groups is 2. The van der Waals surface area contributed by atoms with E-state index in [1.807, 2.05) is 0 Å². The first-order valence-corrected chi connectivity index (χ1v) is 8.22. The van der Waals surface area contributed by atoms with E-state index >= 15 is 0 Å². The lowest BCUT2D eigenvalue weighted by Crippen LogP contribution is -2.43. The summed E-state index contributed by atoms with van der Waals surface area (Å²) in [5, 5.41) is 6.87. The van der Waals surface area contributed by atoms with E-state index in [0.717, 1.165) is 4.47 Å². The molecule has 0 unspecified atom stereocenters. The van der Waals surface area contributed by atoms with Crippen LogP contribution in [0.4, 0.5) is 11.5 Å². The summed E-state index contributed by atoms with van der Waals surface area (Å²) in [6.45, 7) is -0.225. The number of aromatic nitrogens is 3. The number of anilines is 2. The van der Waals surface area contributed by atoms with Crippen molar-refractivity contribution in [2.24, 2.45) is 0 Å². The molecule has 0 spiro atoms. The zero-order chi connectivity index (χ0) is 17.4. The minimum absolute atomic E-state index is 0.102. The number of carbonyl (C=O) groups excluding carboxylic acids is 2. The molecule has 9 heteroatoms. The Morgan fingerprint density at radius 3 is 3.04 bits per heavy atom. The molecule has 4 rings (SSSR count). The van der Waals surface area contributed by atoms with Gasteiger partial charge in [0.05, 0.1) is 11.9 Å². The van der Waals surface area contributed by atoms with Crippen LogP contribution < -0.4 is 15.0 Å². The van der Waals surface area contributed by atoms with E-state index in [-0.39, 0.29) is 25.0 Å². The molecule has 3 aromatic rings. The Kier molecular flexibility index (Phi) is 3.85. The van der Waals surface area contributed by atoms with Crippen LogP contribution in [-0.2, 0) is 9.59 Å². The molecule has 1 aliphatic heterocycles. The van der Waals surface area contributed by atoms with Crippen LogP contribution in [0, 0.1) is 0 Å². The maximum atomic E-state index is 12.5. The fourth-order valence-corrected chi connectivity index (χ4v) is 2.95. The second kappa shape index (κ2) is 6.17. The van der Waals surface area contributed by atoms with Gasteiger partial charge in [-0.15, -0.1) is 0 Å². The number of nitrogens with zero attached hydrogens (tertiary/aromatic N) is 4. The molecule has 0 saturated heterocycles. The van der Waals surface area contributed by atoms with E-state index in [4.69, 9.17) is 4.74 Å². The van der Waals surface area contributed by atoms with Gasteiger partial charge in [0, 0.05) is 16.7 Å². The van der Waals surface area contributed by atoms with E-state index in [0.29, 0.717) is 22.9 Å². The Morgan fingerprint density at radius 1 is 1.28 bits per heavy atom. The van der Waals surface area contributed by atoms with Crippen molar-refractivity contribution in [2.75, 3.05) is 23.4 Å². The number of rotatable bonds is 3. The third-order valence-electron chi connectivity index (χ3n) is 3.72. The number of halogens is 1. The number of fused-ring (bicyclic) bond motifs is 2. The maximum Gasteiger partial charge on any atom is 0.265 e. The van der Waals surface area contributed by atoms with Crippen LogP contribution in [0.3, 0.4) is 0 Å². The molecule has 3 heterocycles. The van der Waals surface area contributed by atoms with Gasteiger partial charge in [0.25, 0.3) is 5.91 Å². The van der Waals surface area contributed by atoms with Crippen LogP contribution in [0.25, 0.3) is 5.65 Å². The first-order valence-electron chi connectivity index (χ1n) is 7.43. The standard InChI is InChI=1S/C16H12BrN5O3/c17-10-1-2-11-12(7-10)25-9-16(24)21(11)8-15(23)20-14-3-5-18-13-4-6-19-22(13)14/h1-7H,8-9H2,(H,20,23). The van der Waals surface area contributed by atoms with E-state index in [1.165, 1.54) is 9.42 Å². The topological polar surface area (TPSA) is 88.8 Å². The summed E-state index contributed by atoms with van der Waals surface area (Å²) in [4.78, 5) is 30.2. The third-order valence-corrected chi connectivity index (χ3v) is 4.22. The largest absolute Gasteiger partial charge is 0.482 e. The molecule has 0 radical (unpaired) electrons. The number of amides is 2. The van der Waals surface area contributed by atoms with Crippen molar-refractivity contribution >= 4 is 44.9 Å². The Morgan fingerprint density at radius 2 is 2.16 bits per heavy atom. The third kappa shape index (κ3) is 2.93. The van der Waals surface area contributed by atoms with Crippen molar-refractivity contribution in [3.8, 4) is 5.75 Å². The second-order valence-corrected chi connectivity index (χ2v) is 6.28. The molecule has 1 N–H and O–H groups in total. The van der Waals surface area contributed by atoms with Gasteiger partial charge in [0.2, 0.25) is 5.91 Å². The summed E-state index contributed by atoms with van der Waals surface area (Å²) >= 11 is 3.36. The predicted molar refractivity (Wildman–Crippen MR) is 93.6 cm³/mol. The molecule has 0 atom stereocenters. The van der Waals surface area contributed by atoms with Crippen molar-refractivity contribution in [1.29, 1.82) is 0 Å². The van der Waals surface area contributed by atoms with Gasteiger partial charge in [-0.1, -0.05) is 15.9 Å². The lowest BCUT2D eigenvalue weighted by atomic mass is 10.2. The normalized spacial score (nSPS) is 13.5. The smallest absolute Gasteiger partial charge is 0.265 e. The van der Waals surface area contributed by atoms with Crippen LogP contribution in [-0.4, -0.2) is 39.6 Å². The van der Waals surface area contributed by atoms with Crippen molar-refractivity contribution in [2.45, 2.75) is 0 Å². The molecule has 2 aromatic heterocycles. The maximum absolute atomic E-state index is 12.5.